The van der Waals surface area contributed by atoms with Gasteiger partial charge in [0.15, 0.2) is 0 Å². The molecular formula is C26H28F2N2O2S. The van der Waals surface area contributed by atoms with Crippen LogP contribution in [0.4, 0.5) is 8.78 Å². The molecule has 0 radical (unpaired) electrons. The van der Waals surface area contributed by atoms with E-state index in [-0.39, 0.29) is 24.4 Å². The molecule has 3 N–H and O–H groups in total. The number of carbonyl (C=O) groups excluding carboxylic acids is 1. The highest BCUT2D eigenvalue weighted by Crippen LogP contribution is 2.46. The van der Waals surface area contributed by atoms with Gasteiger partial charge in [-0.05, 0) is 78.1 Å². The van der Waals surface area contributed by atoms with Crippen LogP contribution in [0.5, 0.6) is 0 Å². The lowest BCUT2D eigenvalue weighted by atomic mass is 9.98. The van der Waals surface area contributed by atoms with Crippen LogP contribution < -0.4 is 10.6 Å². The van der Waals surface area contributed by atoms with Gasteiger partial charge < -0.3 is 15.7 Å². The van der Waals surface area contributed by atoms with Gasteiger partial charge in [-0.25, -0.2) is 8.78 Å². The quantitative estimate of drug-likeness (QED) is 0.425. The van der Waals surface area contributed by atoms with Crippen LogP contribution in [0.15, 0.2) is 53.9 Å². The van der Waals surface area contributed by atoms with Crippen molar-refractivity contribution in [3.05, 3.63) is 82.2 Å². The topological polar surface area (TPSA) is 61.4 Å². The Bertz CT molecular complexity index is 1120. The Morgan fingerprint density at radius 3 is 2.48 bits per heavy atom. The van der Waals surface area contributed by atoms with Crippen molar-refractivity contribution in [2.75, 3.05) is 6.54 Å². The van der Waals surface area contributed by atoms with Crippen LogP contribution in [0.2, 0.25) is 0 Å². The van der Waals surface area contributed by atoms with E-state index in [0.717, 1.165) is 18.9 Å². The SMILES string of the molecule is CC(=O)N[C@@H](Cc1cc(F)cc(F)c1)[C@@H](O)CNC1(c2cccc(-c3cc(C)cs3)c2)CC1. The van der Waals surface area contributed by atoms with E-state index in [1.807, 2.05) is 0 Å². The minimum absolute atomic E-state index is 0.122. The molecule has 4 nitrogen and oxygen atoms in total. The van der Waals surface area contributed by atoms with Crippen molar-refractivity contribution in [1.29, 1.82) is 0 Å². The average Bonchev–Trinajstić information content (AvgIpc) is 3.43. The van der Waals surface area contributed by atoms with Gasteiger partial charge in [0.05, 0.1) is 12.1 Å². The molecule has 1 aromatic heterocycles. The Morgan fingerprint density at radius 2 is 1.88 bits per heavy atom. The molecule has 7 heteroatoms. The number of amides is 1. The van der Waals surface area contributed by atoms with Crippen LogP contribution in [0, 0.1) is 18.6 Å². The van der Waals surface area contributed by atoms with Crippen molar-refractivity contribution in [3.8, 4) is 10.4 Å². The molecule has 1 fully saturated rings. The lowest BCUT2D eigenvalue weighted by Crippen LogP contribution is -2.49. The van der Waals surface area contributed by atoms with Gasteiger partial charge in [-0.15, -0.1) is 11.3 Å². The summed E-state index contributed by atoms with van der Waals surface area (Å²) in [6, 6.07) is 13.2. The van der Waals surface area contributed by atoms with Gasteiger partial charge in [-0.3, -0.25) is 4.79 Å². The number of aliphatic hydroxyl groups is 1. The Labute approximate surface area is 196 Å². The number of benzene rings is 2. The maximum absolute atomic E-state index is 13.6. The van der Waals surface area contributed by atoms with Crippen LogP contribution in [0.25, 0.3) is 10.4 Å². The van der Waals surface area contributed by atoms with Crippen molar-refractivity contribution in [1.82, 2.24) is 10.6 Å². The van der Waals surface area contributed by atoms with Gasteiger partial charge in [0.2, 0.25) is 5.91 Å². The van der Waals surface area contributed by atoms with Gasteiger partial charge in [-0.2, -0.15) is 0 Å². The van der Waals surface area contributed by atoms with Gasteiger partial charge in [0.25, 0.3) is 0 Å². The first kappa shape index (κ1) is 23.5. The van der Waals surface area contributed by atoms with Gasteiger partial charge in [-0.1, -0.05) is 18.2 Å². The number of halogens is 2. The molecule has 1 aliphatic rings. The first-order valence-corrected chi connectivity index (χ1v) is 11.9. The number of thiophene rings is 1. The molecule has 33 heavy (non-hydrogen) atoms. The molecule has 0 aliphatic heterocycles. The Balaban J connectivity index is 1.45. The van der Waals surface area contributed by atoms with Gasteiger partial charge >= 0.3 is 0 Å². The van der Waals surface area contributed by atoms with E-state index in [4.69, 9.17) is 0 Å². The Hall–Kier alpha value is -2.61. The summed E-state index contributed by atoms with van der Waals surface area (Å²) < 4.78 is 27.2. The molecule has 0 unspecified atom stereocenters. The highest BCUT2D eigenvalue weighted by Gasteiger charge is 2.44. The molecular weight excluding hydrogens is 442 g/mol. The summed E-state index contributed by atoms with van der Waals surface area (Å²) in [6.45, 7) is 3.68. The largest absolute Gasteiger partial charge is 0.390 e. The van der Waals surface area contributed by atoms with Crippen LogP contribution in [-0.4, -0.2) is 29.7 Å². The summed E-state index contributed by atoms with van der Waals surface area (Å²) in [5.74, 6) is -1.68. The van der Waals surface area contributed by atoms with Crippen molar-refractivity contribution >= 4 is 17.2 Å². The van der Waals surface area contributed by atoms with Crippen LogP contribution >= 0.6 is 11.3 Å². The highest BCUT2D eigenvalue weighted by atomic mass is 32.1. The minimum atomic E-state index is -0.930. The van der Waals surface area contributed by atoms with E-state index < -0.39 is 23.8 Å². The van der Waals surface area contributed by atoms with Crippen molar-refractivity contribution in [2.24, 2.45) is 0 Å². The minimum Gasteiger partial charge on any atom is -0.390 e. The molecule has 2 aromatic carbocycles. The molecule has 1 heterocycles. The fraction of sp³-hybridized carbons (Fsp3) is 0.346. The second-order valence-electron chi connectivity index (χ2n) is 8.89. The second kappa shape index (κ2) is 9.71. The number of aryl methyl sites for hydroxylation is 1. The Morgan fingerprint density at radius 1 is 1.15 bits per heavy atom. The monoisotopic (exact) mass is 470 g/mol. The van der Waals surface area contributed by atoms with E-state index in [2.05, 4.69) is 53.3 Å². The molecule has 3 aromatic rings. The normalized spacial score (nSPS) is 16.3. The van der Waals surface area contributed by atoms with E-state index in [9.17, 15) is 18.7 Å². The summed E-state index contributed by atoms with van der Waals surface area (Å²) >= 11 is 1.72. The molecule has 1 aliphatic carbocycles. The second-order valence-corrected chi connectivity index (χ2v) is 9.80. The zero-order valence-electron chi connectivity index (χ0n) is 18.7. The van der Waals surface area contributed by atoms with E-state index in [0.29, 0.717) is 5.56 Å². The molecule has 2 atom stereocenters. The summed E-state index contributed by atoms with van der Waals surface area (Å²) in [5, 5.41) is 19.2. The Kier molecular flexibility index (Phi) is 6.93. The number of rotatable bonds is 9. The molecule has 1 saturated carbocycles. The van der Waals surface area contributed by atoms with E-state index >= 15 is 0 Å². The highest BCUT2D eigenvalue weighted by molar-refractivity contribution is 7.13. The number of aliphatic hydroxyl groups excluding tert-OH is 1. The van der Waals surface area contributed by atoms with Crippen molar-refractivity contribution < 1.29 is 18.7 Å². The zero-order valence-corrected chi connectivity index (χ0v) is 19.5. The zero-order chi connectivity index (χ0) is 23.6. The molecule has 0 spiro atoms. The molecule has 0 bridgehead atoms. The van der Waals surface area contributed by atoms with Crippen LogP contribution in [-0.2, 0) is 16.8 Å². The lowest BCUT2D eigenvalue weighted by molar-refractivity contribution is -0.120. The first-order valence-electron chi connectivity index (χ1n) is 11.1. The van der Waals surface area contributed by atoms with Gasteiger partial charge in [0, 0.05) is 30.0 Å². The predicted octanol–water partition coefficient (Wildman–Crippen LogP) is 4.69. The summed E-state index contributed by atoms with van der Waals surface area (Å²) in [4.78, 5) is 12.9. The third-order valence-corrected chi connectivity index (χ3v) is 7.16. The first-order chi connectivity index (χ1) is 15.7. The number of nitrogens with one attached hydrogen (secondary N) is 2. The third-order valence-electron chi connectivity index (χ3n) is 6.06. The average molecular weight is 471 g/mol. The number of hydrogen-bond donors (Lipinski definition) is 3. The molecule has 4 rings (SSSR count). The molecule has 0 saturated heterocycles. The van der Waals surface area contributed by atoms with Crippen LogP contribution in [0.1, 0.15) is 36.5 Å². The fourth-order valence-electron chi connectivity index (χ4n) is 4.21. The van der Waals surface area contributed by atoms with E-state index in [1.54, 1.807) is 11.3 Å². The maximum atomic E-state index is 13.6. The predicted molar refractivity (Wildman–Crippen MR) is 127 cm³/mol. The van der Waals surface area contributed by atoms with Crippen molar-refractivity contribution in [2.45, 2.75) is 50.8 Å². The maximum Gasteiger partial charge on any atom is 0.217 e. The van der Waals surface area contributed by atoms with E-state index in [1.165, 1.54) is 40.6 Å². The standard InChI is InChI=1S/C26H28F2N2O2S/c1-16-8-25(33-15-16)19-4-3-5-20(12-19)26(6-7-26)29-14-24(32)23(30-17(2)31)11-18-9-21(27)13-22(28)10-18/h3-5,8-10,12-13,15,23-24,29,32H,6-7,11,14H2,1-2H3,(H,30,31)/t23-,24-/m0/s1. The number of carbonyl (C=O) groups is 1. The number of hydrogen-bond acceptors (Lipinski definition) is 4. The van der Waals surface area contributed by atoms with Crippen LogP contribution in [0.3, 0.4) is 0 Å². The molecule has 174 valence electrons. The summed E-state index contributed by atoms with van der Waals surface area (Å²) in [6.07, 6.45) is 1.09. The molecule has 1 amide bonds. The smallest absolute Gasteiger partial charge is 0.217 e. The fourth-order valence-corrected chi connectivity index (χ4v) is 5.11. The summed E-state index contributed by atoms with van der Waals surface area (Å²) in [7, 11) is 0. The third kappa shape index (κ3) is 5.85. The summed E-state index contributed by atoms with van der Waals surface area (Å²) in [5.41, 5.74) is 3.75. The van der Waals surface area contributed by atoms with Gasteiger partial charge in [0.1, 0.15) is 11.6 Å². The van der Waals surface area contributed by atoms with Crippen molar-refractivity contribution in [3.63, 3.8) is 0 Å². The lowest BCUT2D eigenvalue weighted by Gasteiger charge is -2.27.